The molecule has 254 valence electrons. The monoisotopic (exact) mass is 693 g/mol. The summed E-state index contributed by atoms with van der Waals surface area (Å²) in [6, 6.07) is 46.5. The second-order valence-corrected chi connectivity index (χ2v) is 14.6. The van der Waals surface area contributed by atoms with E-state index in [1.807, 2.05) is 72.8 Å². The van der Waals surface area contributed by atoms with Crippen molar-refractivity contribution < 1.29 is 8.83 Å². The third-order valence-corrected chi connectivity index (χ3v) is 11.5. The van der Waals surface area contributed by atoms with Crippen molar-refractivity contribution in [2.45, 2.75) is 25.7 Å². The number of benzene rings is 7. The summed E-state index contributed by atoms with van der Waals surface area (Å²) in [5.41, 5.74) is 14.4. The minimum atomic E-state index is 0.595. The Hall–Kier alpha value is -6.85. The lowest BCUT2D eigenvalue weighted by Gasteiger charge is -2.27. The van der Waals surface area contributed by atoms with Gasteiger partial charge in [-0.05, 0) is 112 Å². The summed E-state index contributed by atoms with van der Waals surface area (Å²) >= 11 is 0. The molecule has 0 bridgehead atoms. The number of fused-ring (bicyclic) bond motifs is 6. The van der Waals surface area contributed by atoms with Gasteiger partial charge in [0, 0.05) is 38.2 Å². The fourth-order valence-corrected chi connectivity index (χ4v) is 8.98. The SMILES string of the molecule is C1=C2CCCc3ccc4c(-c5ccc6oc7cccc(-c8nc(-c9ccccc9)nc(-c9ccc%10oc%11ccccc%11c%10c9)n8)c7c6c5)ccc(c4c32)C1. The van der Waals surface area contributed by atoms with E-state index in [2.05, 4.69) is 66.7 Å². The van der Waals surface area contributed by atoms with Crippen LogP contribution in [0.2, 0.25) is 0 Å². The van der Waals surface area contributed by atoms with Crippen LogP contribution in [0, 0.1) is 0 Å². The summed E-state index contributed by atoms with van der Waals surface area (Å²) in [5.74, 6) is 1.81. The zero-order chi connectivity index (χ0) is 35.3. The van der Waals surface area contributed by atoms with Gasteiger partial charge in [-0.3, -0.25) is 0 Å². The fourth-order valence-electron chi connectivity index (χ4n) is 8.98. The first-order valence-corrected chi connectivity index (χ1v) is 18.7. The lowest BCUT2D eigenvalue weighted by molar-refractivity contribution is 0.668. The molecule has 0 saturated carbocycles. The van der Waals surface area contributed by atoms with Crippen molar-refractivity contribution in [1.82, 2.24) is 15.0 Å². The van der Waals surface area contributed by atoms with Crippen LogP contribution in [-0.2, 0) is 12.8 Å². The number of allylic oxidation sites excluding steroid dienone is 2. The Morgan fingerprint density at radius 2 is 1.15 bits per heavy atom. The minimum absolute atomic E-state index is 0.595. The van der Waals surface area contributed by atoms with Gasteiger partial charge < -0.3 is 8.83 Å². The summed E-state index contributed by atoms with van der Waals surface area (Å²) in [7, 11) is 0. The van der Waals surface area contributed by atoms with E-state index in [0.29, 0.717) is 17.5 Å². The zero-order valence-corrected chi connectivity index (χ0v) is 29.3. The van der Waals surface area contributed by atoms with Crippen molar-refractivity contribution in [2.24, 2.45) is 0 Å². The van der Waals surface area contributed by atoms with E-state index in [1.165, 1.54) is 57.0 Å². The summed E-state index contributed by atoms with van der Waals surface area (Å²) in [6.07, 6.45) is 7.02. The lowest BCUT2D eigenvalue weighted by Crippen LogP contribution is -2.08. The van der Waals surface area contributed by atoms with Gasteiger partial charge in [-0.25, -0.2) is 15.0 Å². The van der Waals surface area contributed by atoms with Crippen LogP contribution in [0.3, 0.4) is 0 Å². The van der Waals surface area contributed by atoms with Gasteiger partial charge in [-0.15, -0.1) is 0 Å². The van der Waals surface area contributed by atoms with Crippen molar-refractivity contribution in [3.63, 3.8) is 0 Å². The number of para-hydroxylation sites is 1. The van der Waals surface area contributed by atoms with E-state index in [-0.39, 0.29) is 0 Å². The van der Waals surface area contributed by atoms with Crippen molar-refractivity contribution in [3.05, 3.63) is 156 Å². The van der Waals surface area contributed by atoms with Gasteiger partial charge in [0.05, 0.1) is 0 Å². The first-order valence-electron chi connectivity index (χ1n) is 18.7. The van der Waals surface area contributed by atoms with Crippen LogP contribution in [0.5, 0.6) is 0 Å². The molecule has 0 fully saturated rings. The normalized spacial score (nSPS) is 13.7. The molecule has 0 aliphatic heterocycles. The highest BCUT2D eigenvalue weighted by atomic mass is 16.3. The number of hydrogen-bond acceptors (Lipinski definition) is 5. The van der Waals surface area contributed by atoms with Gasteiger partial charge in [0.1, 0.15) is 22.3 Å². The smallest absolute Gasteiger partial charge is 0.164 e. The molecule has 3 heterocycles. The molecular weight excluding hydrogens is 663 g/mol. The fraction of sp³-hybridized carbons (Fsp3) is 0.0816. The Morgan fingerprint density at radius 1 is 0.426 bits per heavy atom. The van der Waals surface area contributed by atoms with Crippen LogP contribution in [-0.4, -0.2) is 15.0 Å². The van der Waals surface area contributed by atoms with Crippen molar-refractivity contribution >= 4 is 60.2 Å². The molecule has 5 heteroatoms. The first kappa shape index (κ1) is 29.7. The predicted molar refractivity (Wildman–Crippen MR) is 218 cm³/mol. The lowest BCUT2D eigenvalue weighted by atomic mass is 9.77. The molecule has 2 aliphatic rings. The van der Waals surface area contributed by atoms with Crippen molar-refractivity contribution in [2.75, 3.05) is 0 Å². The van der Waals surface area contributed by atoms with Gasteiger partial charge in [0.25, 0.3) is 0 Å². The second-order valence-electron chi connectivity index (χ2n) is 14.6. The first-order chi connectivity index (χ1) is 26.7. The molecule has 0 spiro atoms. The Bertz CT molecular complexity index is 3220. The highest BCUT2D eigenvalue weighted by Crippen LogP contribution is 2.45. The Morgan fingerprint density at radius 3 is 2.07 bits per heavy atom. The van der Waals surface area contributed by atoms with E-state index >= 15 is 0 Å². The van der Waals surface area contributed by atoms with E-state index in [1.54, 1.807) is 0 Å². The summed E-state index contributed by atoms with van der Waals surface area (Å²) in [5, 5.41) is 6.88. The standard InChI is InChI=1S/C49H31N3O2/c1-2-8-31(9-3-1)47-50-48(33-21-25-41-38(27-33)35-12-4-5-14-40(35)53-41)52-49(51-47)37-13-7-15-43-46(37)39-26-32(20-24-42(39)54-43)34-22-18-30-17-16-28-10-6-11-29-19-23-36(34)45(30)44(28)29/h1-5,7-9,12-16,18-27H,6,10-11,17H2. The Labute approximate surface area is 310 Å². The summed E-state index contributed by atoms with van der Waals surface area (Å²) < 4.78 is 12.7. The number of nitrogens with zero attached hydrogens (tertiary/aromatic N) is 3. The molecule has 3 aromatic heterocycles. The molecule has 0 unspecified atom stereocenters. The summed E-state index contributed by atoms with van der Waals surface area (Å²) in [4.78, 5) is 15.4. The van der Waals surface area contributed by atoms with Crippen LogP contribution in [0.15, 0.2) is 148 Å². The van der Waals surface area contributed by atoms with Crippen molar-refractivity contribution in [3.8, 4) is 45.3 Å². The van der Waals surface area contributed by atoms with E-state index in [0.717, 1.165) is 73.4 Å². The van der Waals surface area contributed by atoms with Crippen molar-refractivity contribution in [1.29, 1.82) is 0 Å². The molecule has 54 heavy (non-hydrogen) atoms. The van der Waals surface area contributed by atoms with Crippen LogP contribution in [0.25, 0.3) is 106 Å². The Kier molecular flexibility index (Phi) is 6.23. The topological polar surface area (TPSA) is 65.0 Å². The maximum absolute atomic E-state index is 6.53. The highest BCUT2D eigenvalue weighted by Gasteiger charge is 2.24. The van der Waals surface area contributed by atoms with Gasteiger partial charge >= 0.3 is 0 Å². The molecule has 0 amide bonds. The average molecular weight is 694 g/mol. The minimum Gasteiger partial charge on any atom is -0.456 e. The molecule has 0 saturated heterocycles. The second kappa shape index (κ2) is 11.3. The summed E-state index contributed by atoms with van der Waals surface area (Å²) in [6.45, 7) is 0. The van der Waals surface area contributed by atoms with Gasteiger partial charge in [0.15, 0.2) is 17.5 Å². The predicted octanol–water partition coefficient (Wildman–Crippen LogP) is 12.8. The van der Waals surface area contributed by atoms with Crippen LogP contribution in [0.4, 0.5) is 0 Å². The van der Waals surface area contributed by atoms with Gasteiger partial charge in [0.2, 0.25) is 0 Å². The molecule has 2 aliphatic carbocycles. The van der Waals surface area contributed by atoms with Gasteiger partial charge in [-0.1, -0.05) is 97.1 Å². The third kappa shape index (κ3) is 4.42. The van der Waals surface area contributed by atoms with E-state index in [9.17, 15) is 0 Å². The number of hydrogen-bond donors (Lipinski definition) is 0. The van der Waals surface area contributed by atoms with Crippen LogP contribution < -0.4 is 0 Å². The largest absolute Gasteiger partial charge is 0.456 e. The molecule has 0 N–H and O–H groups in total. The molecule has 12 rings (SSSR count). The number of aryl methyl sites for hydroxylation is 1. The van der Waals surface area contributed by atoms with Crippen LogP contribution in [0.1, 0.15) is 29.5 Å². The highest BCUT2D eigenvalue weighted by molar-refractivity contribution is 6.14. The molecule has 5 nitrogen and oxygen atoms in total. The maximum atomic E-state index is 6.53. The zero-order valence-electron chi connectivity index (χ0n) is 29.3. The van der Waals surface area contributed by atoms with Crippen LogP contribution >= 0.6 is 0 Å². The number of rotatable bonds is 4. The van der Waals surface area contributed by atoms with Gasteiger partial charge in [-0.2, -0.15) is 0 Å². The molecule has 7 aromatic carbocycles. The molecule has 0 radical (unpaired) electrons. The maximum Gasteiger partial charge on any atom is 0.164 e. The molecule has 10 aromatic rings. The quantitative estimate of drug-likeness (QED) is 0.184. The third-order valence-electron chi connectivity index (χ3n) is 11.5. The molecule has 0 atom stereocenters. The average Bonchev–Trinajstić information content (AvgIpc) is 3.81. The van der Waals surface area contributed by atoms with E-state index < -0.39 is 0 Å². The van der Waals surface area contributed by atoms with E-state index in [4.69, 9.17) is 23.8 Å². The molecular formula is C49H31N3O2. The number of aromatic nitrogens is 3. The Balaban J connectivity index is 1.06. The number of furan rings is 2.